The number of carbonyl (C=O) groups excluding carboxylic acids is 2. The Morgan fingerprint density at radius 3 is 2.09 bits per heavy atom. The molecule has 7 nitrogen and oxygen atoms in total. The fourth-order valence-corrected chi connectivity index (χ4v) is 3.98. The fourth-order valence-electron chi connectivity index (χ4n) is 3.98. The molecule has 3 rings (SSSR count). The number of fused-ring (bicyclic) bond motifs is 3. The van der Waals surface area contributed by atoms with Gasteiger partial charge in [-0.15, -0.1) is 0 Å². The first kappa shape index (κ1) is 23.3. The van der Waals surface area contributed by atoms with Crippen molar-refractivity contribution in [2.75, 3.05) is 13.7 Å². The molecule has 0 unspecified atom stereocenters. The highest BCUT2D eigenvalue weighted by atomic mass is 16.5. The van der Waals surface area contributed by atoms with Gasteiger partial charge in [0.15, 0.2) is 0 Å². The third-order valence-corrected chi connectivity index (χ3v) is 6.20. The molecule has 32 heavy (non-hydrogen) atoms. The standard InChI is InChI=1S/C25H30N2O5/c1-5-10-21(22(28)27(4)25(2,3)23(29)30)26-24(31)32-15-20-18-13-8-6-11-16(18)17-12-7-9-14-19(17)20/h6-9,11-14,20-21H,5,10,15H2,1-4H3,(H,26,31)(H,29,30)/t21-/m0/s1. The van der Waals surface area contributed by atoms with E-state index in [1.807, 2.05) is 43.3 Å². The quantitative estimate of drug-likeness (QED) is 0.649. The third-order valence-electron chi connectivity index (χ3n) is 6.20. The van der Waals surface area contributed by atoms with E-state index >= 15 is 0 Å². The van der Waals surface area contributed by atoms with Crippen molar-refractivity contribution in [3.8, 4) is 11.1 Å². The maximum absolute atomic E-state index is 12.9. The normalized spacial score (nSPS) is 13.6. The molecule has 0 radical (unpaired) electrons. The summed E-state index contributed by atoms with van der Waals surface area (Å²) < 4.78 is 5.54. The van der Waals surface area contributed by atoms with Gasteiger partial charge in [0.25, 0.3) is 0 Å². The van der Waals surface area contributed by atoms with Crippen LogP contribution in [0.5, 0.6) is 0 Å². The lowest BCUT2D eigenvalue weighted by Gasteiger charge is -2.34. The first-order valence-corrected chi connectivity index (χ1v) is 10.8. The number of amides is 2. The number of carbonyl (C=O) groups is 3. The predicted octanol–water partition coefficient (Wildman–Crippen LogP) is 4.02. The summed E-state index contributed by atoms with van der Waals surface area (Å²) in [6, 6.07) is 15.2. The van der Waals surface area contributed by atoms with Crippen molar-refractivity contribution in [3.05, 3.63) is 59.7 Å². The number of ether oxygens (including phenoxy) is 1. The molecule has 0 saturated heterocycles. The lowest BCUT2D eigenvalue weighted by molar-refractivity contribution is -0.156. The number of nitrogens with one attached hydrogen (secondary N) is 1. The van der Waals surface area contributed by atoms with Gasteiger partial charge in [-0.2, -0.15) is 0 Å². The van der Waals surface area contributed by atoms with Gasteiger partial charge in [0, 0.05) is 13.0 Å². The number of nitrogens with zero attached hydrogens (tertiary/aromatic N) is 1. The second kappa shape index (κ2) is 9.42. The second-order valence-electron chi connectivity index (χ2n) is 8.57. The highest BCUT2D eigenvalue weighted by Crippen LogP contribution is 2.44. The van der Waals surface area contributed by atoms with Gasteiger partial charge in [-0.25, -0.2) is 9.59 Å². The van der Waals surface area contributed by atoms with Gasteiger partial charge in [0.2, 0.25) is 5.91 Å². The molecule has 0 aliphatic heterocycles. The van der Waals surface area contributed by atoms with Crippen LogP contribution in [0.3, 0.4) is 0 Å². The van der Waals surface area contributed by atoms with Gasteiger partial charge in [0.1, 0.15) is 18.2 Å². The van der Waals surface area contributed by atoms with Gasteiger partial charge in [-0.3, -0.25) is 4.79 Å². The highest BCUT2D eigenvalue weighted by Gasteiger charge is 2.38. The number of aliphatic carboxylic acids is 1. The molecular weight excluding hydrogens is 408 g/mol. The van der Waals surface area contributed by atoms with E-state index in [1.54, 1.807) is 0 Å². The third kappa shape index (κ3) is 4.47. The first-order chi connectivity index (χ1) is 15.2. The van der Waals surface area contributed by atoms with Crippen molar-refractivity contribution < 1.29 is 24.2 Å². The van der Waals surface area contributed by atoms with Crippen molar-refractivity contribution >= 4 is 18.0 Å². The zero-order valence-electron chi connectivity index (χ0n) is 18.9. The molecule has 1 aliphatic carbocycles. The van der Waals surface area contributed by atoms with Crippen LogP contribution < -0.4 is 5.32 Å². The van der Waals surface area contributed by atoms with Crippen LogP contribution in [0.2, 0.25) is 0 Å². The first-order valence-electron chi connectivity index (χ1n) is 10.8. The van der Waals surface area contributed by atoms with Crippen LogP contribution in [-0.2, 0) is 14.3 Å². The van der Waals surface area contributed by atoms with Crippen molar-refractivity contribution in [1.82, 2.24) is 10.2 Å². The number of hydrogen-bond donors (Lipinski definition) is 2. The summed E-state index contributed by atoms with van der Waals surface area (Å²) in [5.41, 5.74) is 3.07. The molecular formula is C25H30N2O5. The van der Waals surface area contributed by atoms with E-state index in [2.05, 4.69) is 17.4 Å². The predicted molar refractivity (Wildman–Crippen MR) is 121 cm³/mol. The van der Waals surface area contributed by atoms with Crippen LogP contribution in [0.4, 0.5) is 4.79 Å². The maximum atomic E-state index is 12.9. The van der Waals surface area contributed by atoms with Crippen molar-refractivity contribution in [2.24, 2.45) is 0 Å². The average Bonchev–Trinajstić information content (AvgIpc) is 3.10. The number of likely N-dealkylation sites (N-methyl/N-ethyl adjacent to an activating group) is 1. The Labute approximate surface area is 188 Å². The molecule has 0 spiro atoms. The summed E-state index contributed by atoms with van der Waals surface area (Å²) in [6.07, 6.45) is 0.324. The number of carboxylic acids is 1. The smallest absolute Gasteiger partial charge is 0.407 e. The van der Waals surface area contributed by atoms with E-state index in [1.165, 1.54) is 20.9 Å². The summed E-state index contributed by atoms with van der Waals surface area (Å²) in [7, 11) is 1.43. The molecule has 0 bridgehead atoms. The second-order valence-corrected chi connectivity index (χ2v) is 8.57. The van der Waals surface area contributed by atoms with Crippen LogP contribution >= 0.6 is 0 Å². The van der Waals surface area contributed by atoms with Crippen LogP contribution in [-0.4, -0.2) is 53.2 Å². The largest absolute Gasteiger partial charge is 0.480 e. The zero-order chi connectivity index (χ0) is 23.5. The van der Waals surface area contributed by atoms with Gasteiger partial charge < -0.3 is 20.1 Å². The molecule has 0 heterocycles. The van der Waals surface area contributed by atoms with E-state index in [4.69, 9.17) is 4.74 Å². The molecule has 170 valence electrons. The summed E-state index contributed by atoms with van der Waals surface area (Å²) in [5.74, 6) is -1.67. The summed E-state index contributed by atoms with van der Waals surface area (Å²) in [5, 5.41) is 12.1. The van der Waals surface area contributed by atoms with Crippen molar-refractivity contribution in [1.29, 1.82) is 0 Å². The molecule has 2 aromatic carbocycles. The number of carboxylic acid groups (broad SMARTS) is 1. The van der Waals surface area contributed by atoms with E-state index in [0.29, 0.717) is 12.8 Å². The Bertz CT molecular complexity index is 971. The Balaban J connectivity index is 1.69. The monoisotopic (exact) mass is 438 g/mol. The van der Waals surface area contributed by atoms with E-state index < -0.39 is 29.6 Å². The molecule has 1 atom stereocenters. The van der Waals surface area contributed by atoms with Gasteiger partial charge in [0.05, 0.1) is 0 Å². The molecule has 0 aromatic heterocycles. The van der Waals surface area contributed by atoms with Gasteiger partial charge in [-0.05, 0) is 42.5 Å². The lowest BCUT2D eigenvalue weighted by Crippen LogP contribution is -2.57. The summed E-state index contributed by atoms with van der Waals surface area (Å²) in [4.78, 5) is 38.2. The Kier molecular flexibility index (Phi) is 6.87. The Morgan fingerprint density at radius 1 is 1.06 bits per heavy atom. The molecule has 2 amide bonds. The van der Waals surface area contributed by atoms with Crippen molar-refractivity contribution in [3.63, 3.8) is 0 Å². The minimum Gasteiger partial charge on any atom is -0.480 e. The van der Waals surface area contributed by atoms with Crippen LogP contribution in [0.25, 0.3) is 11.1 Å². The minimum absolute atomic E-state index is 0.0814. The number of alkyl carbamates (subject to hydrolysis) is 1. The SMILES string of the molecule is CCC[C@H](NC(=O)OCC1c2ccccc2-c2ccccc21)C(=O)N(C)C(C)(C)C(=O)O. The van der Waals surface area contributed by atoms with Crippen LogP contribution in [0.1, 0.15) is 50.7 Å². The summed E-state index contributed by atoms with van der Waals surface area (Å²) in [6.45, 7) is 4.93. The van der Waals surface area contributed by atoms with E-state index in [-0.39, 0.29) is 12.5 Å². The van der Waals surface area contributed by atoms with E-state index in [0.717, 1.165) is 27.2 Å². The molecule has 7 heteroatoms. The van der Waals surface area contributed by atoms with Gasteiger partial charge in [-0.1, -0.05) is 61.9 Å². The van der Waals surface area contributed by atoms with E-state index in [9.17, 15) is 19.5 Å². The Morgan fingerprint density at radius 2 is 1.59 bits per heavy atom. The molecule has 0 saturated carbocycles. The number of rotatable bonds is 8. The maximum Gasteiger partial charge on any atom is 0.407 e. The molecule has 0 fully saturated rings. The van der Waals surface area contributed by atoms with Crippen LogP contribution in [0, 0.1) is 0 Å². The van der Waals surface area contributed by atoms with Gasteiger partial charge >= 0.3 is 12.1 Å². The minimum atomic E-state index is -1.40. The lowest BCUT2D eigenvalue weighted by atomic mass is 9.98. The molecule has 2 aromatic rings. The van der Waals surface area contributed by atoms with Crippen molar-refractivity contribution in [2.45, 2.75) is 51.1 Å². The fraction of sp³-hybridized carbons (Fsp3) is 0.400. The average molecular weight is 439 g/mol. The molecule has 1 aliphatic rings. The zero-order valence-corrected chi connectivity index (χ0v) is 18.9. The summed E-state index contributed by atoms with van der Waals surface area (Å²) >= 11 is 0. The number of hydrogen-bond acceptors (Lipinski definition) is 4. The van der Waals surface area contributed by atoms with Crippen LogP contribution in [0.15, 0.2) is 48.5 Å². The Hall–Kier alpha value is -3.35. The molecule has 2 N–H and O–H groups in total. The topological polar surface area (TPSA) is 95.9 Å². The number of benzene rings is 2. The highest BCUT2D eigenvalue weighted by molar-refractivity contribution is 5.90.